The number of azo groups is 1. The molecule has 0 saturated heterocycles. The van der Waals surface area contributed by atoms with Crippen molar-refractivity contribution in [1.29, 1.82) is 0 Å². The summed E-state index contributed by atoms with van der Waals surface area (Å²) >= 11 is 0. The Labute approximate surface area is 145 Å². The molecule has 10 nitrogen and oxygen atoms in total. The van der Waals surface area contributed by atoms with E-state index in [4.69, 9.17) is 10.2 Å². The lowest BCUT2D eigenvalue weighted by molar-refractivity contribution is -0.169. The topological polar surface area (TPSA) is 174 Å². The van der Waals surface area contributed by atoms with Crippen LogP contribution in [0.4, 0.5) is 5.69 Å². The molecule has 0 radical (unpaired) electrons. The van der Waals surface area contributed by atoms with E-state index in [9.17, 15) is 29.4 Å². The summed E-state index contributed by atoms with van der Waals surface area (Å²) in [5.74, 6) is -8.24. The van der Waals surface area contributed by atoms with Crippen LogP contribution in [-0.2, 0) is 14.4 Å². The van der Waals surface area contributed by atoms with Crippen molar-refractivity contribution in [2.45, 2.75) is 0 Å². The average molecular weight is 360 g/mol. The molecule has 0 spiro atoms. The van der Waals surface area contributed by atoms with Gasteiger partial charge in [-0.2, -0.15) is 10.2 Å². The van der Waals surface area contributed by atoms with Gasteiger partial charge in [0.2, 0.25) is 5.41 Å². The highest BCUT2D eigenvalue weighted by Gasteiger charge is 2.55. The van der Waals surface area contributed by atoms with Gasteiger partial charge in [-0.3, -0.25) is 14.4 Å². The van der Waals surface area contributed by atoms with Crippen molar-refractivity contribution in [2.24, 2.45) is 21.6 Å². The Hall–Kier alpha value is -3.82. The second-order valence-corrected chi connectivity index (χ2v) is 5.28. The minimum absolute atomic E-state index is 0.0285. The molecule has 1 atom stereocenters. The summed E-state index contributed by atoms with van der Waals surface area (Å²) in [5.41, 5.74) is -2.61. The maximum absolute atomic E-state index is 11.5. The van der Waals surface area contributed by atoms with Gasteiger partial charge in [0.25, 0.3) is 0 Å². The Kier molecular flexibility index (Phi) is 4.96. The van der Waals surface area contributed by atoms with Crippen molar-refractivity contribution in [3.05, 3.63) is 53.8 Å². The van der Waals surface area contributed by atoms with Gasteiger partial charge in [-0.25, -0.2) is 4.79 Å². The second kappa shape index (κ2) is 6.97. The van der Waals surface area contributed by atoms with Gasteiger partial charge in [0.05, 0.1) is 16.9 Å². The zero-order valence-electron chi connectivity index (χ0n) is 12.9. The quantitative estimate of drug-likeness (QED) is 0.438. The number of carboxylic acid groups (broad SMARTS) is 4. The molecule has 1 aromatic carbocycles. The monoisotopic (exact) mass is 360 g/mol. The van der Waals surface area contributed by atoms with E-state index in [0.29, 0.717) is 6.08 Å². The first kappa shape index (κ1) is 18.5. The summed E-state index contributed by atoms with van der Waals surface area (Å²) in [4.78, 5) is 45.0. The van der Waals surface area contributed by atoms with Crippen LogP contribution in [0, 0.1) is 11.3 Å². The summed E-state index contributed by atoms with van der Waals surface area (Å²) in [6.07, 6.45) is 2.79. The Morgan fingerprint density at radius 2 is 1.46 bits per heavy atom. The molecular formula is C16H12N2O8. The average Bonchev–Trinajstić information content (AvgIpc) is 2.59. The lowest BCUT2D eigenvalue weighted by Gasteiger charge is -2.28. The fourth-order valence-electron chi connectivity index (χ4n) is 2.32. The molecule has 1 aliphatic rings. The molecule has 1 aliphatic carbocycles. The van der Waals surface area contributed by atoms with Crippen molar-refractivity contribution in [1.82, 2.24) is 0 Å². The van der Waals surface area contributed by atoms with Crippen molar-refractivity contribution >= 4 is 29.6 Å². The molecule has 0 aliphatic heterocycles. The third kappa shape index (κ3) is 3.34. The highest BCUT2D eigenvalue weighted by atomic mass is 16.4. The highest BCUT2D eigenvalue weighted by molar-refractivity contribution is 6.05. The number of nitrogens with zero attached hydrogens (tertiary/aromatic N) is 2. The third-order valence-corrected chi connectivity index (χ3v) is 3.69. The minimum Gasteiger partial charge on any atom is -0.481 e. The van der Waals surface area contributed by atoms with Gasteiger partial charge >= 0.3 is 23.9 Å². The Morgan fingerprint density at radius 3 is 1.92 bits per heavy atom. The normalized spacial score (nSPS) is 18.3. The SMILES string of the molecule is O=C(O)c1ccc(N=NC2=CC(C(=O)O)(C(=O)O)C(C(=O)O)C=C2)cc1. The van der Waals surface area contributed by atoms with E-state index in [2.05, 4.69) is 10.2 Å². The molecule has 0 fully saturated rings. The van der Waals surface area contributed by atoms with Gasteiger partial charge in [0, 0.05) is 0 Å². The van der Waals surface area contributed by atoms with Gasteiger partial charge in [0.15, 0.2) is 0 Å². The highest BCUT2D eigenvalue weighted by Crippen LogP contribution is 2.37. The van der Waals surface area contributed by atoms with Crippen LogP contribution in [-0.4, -0.2) is 44.3 Å². The molecule has 0 amide bonds. The van der Waals surface area contributed by atoms with E-state index in [1.54, 1.807) is 0 Å². The summed E-state index contributed by atoms with van der Waals surface area (Å²) in [6.45, 7) is 0. The predicted molar refractivity (Wildman–Crippen MR) is 84.0 cm³/mol. The first-order valence-electron chi connectivity index (χ1n) is 7.04. The Bertz CT molecular complexity index is 853. The molecule has 0 saturated carbocycles. The molecule has 0 heterocycles. The van der Waals surface area contributed by atoms with Crippen LogP contribution in [0.2, 0.25) is 0 Å². The zero-order chi connectivity index (χ0) is 19.5. The molecule has 2 rings (SSSR count). The third-order valence-electron chi connectivity index (χ3n) is 3.69. The van der Waals surface area contributed by atoms with E-state index in [1.165, 1.54) is 24.3 Å². The van der Waals surface area contributed by atoms with Crippen molar-refractivity contribution in [2.75, 3.05) is 0 Å². The summed E-state index contributed by atoms with van der Waals surface area (Å²) in [6, 6.07) is 5.26. The van der Waals surface area contributed by atoms with Gasteiger partial charge in [-0.15, -0.1) is 0 Å². The van der Waals surface area contributed by atoms with Crippen LogP contribution in [0.15, 0.2) is 58.4 Å². The first-order valence-corrected chi connectivity index (χ1v) is 7.04. The molecule has 10 heteroatoms. The molecule has 4 N–H and O–H groups in total. The number of aromatic carboxylic acids is 1. The van der Waals surface area contributed by atoms with Crippen LogP contribution >= 0.6 is 0 Å². The fourth-order valence-corrected chi connectivity index (χ4v) is 2.32. The van der Waals surface area contributed by atoms with E-state index in [0.717, 1.165) is 12.2 Å². The Morgan fingerprint density at radius 1 is 0.885 bits per heavy atom. The number of allylic oxidation sites excluding steroid dienone is 1. The van der Waals surface area contributed by atoms with Gasteiger partial charge in [-0.05, 0) is 36.4 Å². The largest absolute Gasteiger partial charge is 0.481 e. The van der Waals surface area contributed by atoms with Gasteiger partial charge < -0.3 is 20.4 Å². The van der Waals surface area contributed by atoms with E-state index in [-0.39, 0.29) is 16.9 Å². The number of carboxylic acids is 4. The molecular weight excluding hydrogens is 348 g/mol. The summed E-state index contributed by atoms with van der Waals surface area (Å²) in [5, 5.41) is 44.0. The van der Waals surface area contributed by atoms with Crippen LogP contribution < -0.4 is 0 Å². The number of benzene rings is 1. The zero-order valence-corrected chi connectivity index (χ0v) is 12.9. The minimum atomic E-state index is -2.72. The van der Waals surface area contributed by atoms with Crippen LogP contribution in [0.5, 0.6) is 0 Å². The fraction of sp³-hybridized carbons (Fsp3) is 0.125. The smallest absolute Gasteiger partial charge is 0.335 e. The van der Waals surface area contributed by atoms with Gasteiger partial charge in [0.1, 0.15) is 5.92 Å². The standard InChI is InChI=1S/C16H12N2O8/c19-12(20)8-1-3-9(4-2-8)17-18-10-5-6-11(13(21)22)16(7-10,14(23)24)15(25)26/h1-7,11H,(H,19,20)(H,21,22)(H,23,24)(H,25,26). The molecule has 134 valence electrons. The maximum Gasteiger partial charge on any atom is 0.335 e. The lowest BCUT2D eigenvalue weighted by Crippen LogP contribution is -2.47. The van der Waals surface area contributed by atoms with Crippen molar-refractivity contribution in [3.8, 4) is 0 Å². The molecule has 26 heavy (non-hydrogen) atoms. The van der Waals surface area contributed by atoms with Crippen LogP contribution in [0.1, 0.15) is 10.4 Å². The number of hydrogen-bond donors (Lipinski definition) is 4. The van der Waals surface area contributed by atoms with Crippen LogP contribution in [0.3, 0.4) is 0 Å². The van der Waals surface area contributed by atoms with E-state index >= 15 is 0 Å². The first-order chi connectivity index (χ1) is 12.2. The van der Waals surface area contributed by atoms with Crippen LogP contribution in [0.25, 0.3) is 0 Å². The number of carbonyl (C=O) groups is 4. The number of rotatable bonds is 6. The van der Waals surface area contributed by atoms with E-state index < -0.39 is 35.2 Å². The molecule has 0 bridgehead atoms. The summed E-state index contributed by atoms with van der Waals surface area (Å²) < 4.78 is 0. The lowest BCUT2D eigenvalue weighted by atomic mass is 9.72. The molecule has 1 unspecified atom stereocenters. The van der Waals surface area contributed by atoms with E-state index in [1.807, 2.05) is 0 Å². The van der Waals surface area contributed by atoms with Gasteiger partial charge in [-0.1, -0.05) is 6.08 Å². The maximum atomic E-state index is 11.5. The van der Waals surface area contributed by atoms with Crippen molar-refractivity contribution < 1.29 is 39.6 Å². The second-order valence-electron chi connectivity index (χ2n) is 5.28. The predicted octanol–water partition coefficient (Wildman–Crippen LogP) is 1.78. The number of aliphatic carboxylic acids is 3. The van der Waals surface area contributed by atoms with Crippen molar-refractivity contribution in [3.63, 3.8) is 0 Å². The Balaban J connectivity index is 2.39. The molecule has 1 aromatic rings. The summed E-state index contributed by atoms with van der Waals surface area (Å²) in [7, 11) is 0. The molecule has 0 aromatic heterocycles. The number of hydrogen-bond acceptors (Lipinski definition) is 6.